The molecule has 3 nitrogen and oxygen atoms in total. The molecule has 0 saturated carbocycles. The van der Waals surface area contributed by atoms with Crippen LogP contribution < -0.4 is 10.5 Å². The molecule has 1 heterocycles. The normalized spacial score (nSPS) is 19.5. The summed E-state index contributed by atoms with van der Waals surface area (Å²) in [5.41, 5.74) is 9.76. The van der Waals surface area contributed by atoms with Crippen LogP contribution in [-0.4, -0.2) is 12.1 Å². The predicted molar refractivity (Wildman–Crippen MR) is 60.1 cm³/mol. The highest BCUT2D eigenvalue weighted by molar-refractivity contribution is 5.86. The Morgan fingerprint density at radius 2 is 2.33 bits per heavy atom. The number of hydrogen-bond acceptors (Lipinski definition) is 2. The number of hydrogen-bond donors (Lipinski definition) is 2. The second kappa shape index (κ2) is 3.00. The van der Waals surface area contributed by atoms with Gasteiger partial charge in [-0.05, 0) is 36.6 Å². The first-order valence-corrected chi connectivity index (χ1v) is 5.23. The molecule has 0 saturated heterocycles. The van der Waals surface area contributed by atoms with Gasteiger partial charge in [-0.1, -0.05) is 0 Å². The summed E-state index contributed by atoms with van der Waals surface area (Å²) in [6.07, 6.45) is 2.12. The van der Waals surface area contributed by atoms with E-state index in [1.54, 1.807) is 7.11 Å². The minimum atomic E-state index is 0.179. The maximum Gasteiger partial charge on any atom is 0.119 e. The molecule has 1 unspecified atom stereocenters. The van der Waals surface area contributed by atoms with Gasteiger partial charge < -0.3 is 15.5 Å². The van der Waals surface area contributed by atoms with Crippen molar-refractivity contribution < 1.29 is 4.74 Å². The van der Waals surface area contributed by atoms with Gasteiger partial charge in [0, 0.05) is 22.6 Å². The van der Waals surface area contributed by atoms with Gasteiger partial charge in [-0.2, -0.15) is 0 Å². The van der Waals surface area contributed by atoms with E-state index in [1.807, 2.05) is 6.07 Å². The van der Waals surface area contributed by atoms with Crippen LogP contribution in [0.15, 0.2) is 18.2 Å². The summed E-state index contributed by atoms with van der Waals surface area (Å²) in [4.78, 5) is 3.40. The minimum absolute atomic E-state index is 0.179. The highest BCUT2D eigenvalue weighted by atomic mass is 16.5. The first-order chi connectivity index (χ1) is 7.29. The SMILES string of the molecule is COc1ccc2[nH]c3c(c2c1)CCC3N. The fraction of sp³-hybridized carbons (Fsp3) is 0.333. The molecule has 0 bridgehead atoms. The van der Waals surface area contributed by atoms with Gasteiger partial charge in [0.05, 0.1) is 7.11 Å². The summed E-state index contributed by atoms with van der Waals surface area (Å²) in [7, 11) is 1.69. The predicted octanol–water partition coefficient (Wildman–Crippen LogP) is 2.12. The third-order valence-electron chi connectivity index (χ3n) is 3.22. The summed E-state index contributed by atoms with van der Waals surface area (Å²) in [6, 6.07) is 6.29. The van der Waals surface area contributed by atoms with Crippen molar-refractivity contribution in [3.63, 3.8) is 0 Å². The second-order valence-corrected chi connectivity index (χ2v) is 4.07. The van der Waals surface area contributed by atoms with E-state index in [-0.39, 0.29) is 6.04 Å². The van der Waals surface area contributed by atoms with E-state index in [1.165, 1.54) is 16.6 Å². The first kappa shape index (κ1) is 8.80. The number of benzene rings is 1. The van der Waals surface area contributed by atoms with Gasteiger partial charge in [0.2, 0.25) is 0 Å². The number of aromatic amines is 1. The maximum atomic E-state index is 6.02. The lowest BCUT2D eigenvalue weighted by Crippen LogP contribution is -2.05. The first-order valence-electron chi connectivity index (χ1n) is 5.23. The van der Waals surface area contributed by atoms with Crippen molar-refractivity contribution in [1.29, 1.82) is 0 Å². The number of aryl methyl sites for hydroxylation is 1. The molecule has 0 aliphatic heterocycles. The van der Waals surface area contributed by atoms with Crippen LogP contribution in [0.5, 0.6) is 5.75 Å². The van der Waals surface area contributed by atoms with Crippen molar-refractivity contribution in [3.8, 4) is 5.75 Å². The van der Waals surface area contributed by atoms with Crippen molar-refractivity contribution in [2.75, 3.05) is 7.11 Å². The molecule has 1 atom stereocenters. The number of ether oxygens (including phenoxy) is 1. The molecule has 1 aromatic heterocycles. The Morgan fingerprint density at radius 1 is 1.47 bits per heavy atom. The zero-order valence-corrected chi connectivity index (χ0v) is 8.71. The molecule has 1 aromatic carbocycles. The molecular formula is C12H14N2O. The van der Waals surface area contributed by atoms with E-state index in [4.69, 9.17) is 10.5 Å². The van der Waals surface area contributed by atoms with E-state index in [0.29, 0.717) is 0 Å². The third-order valence-corrected chi connectivity index (χ3v) is 3.22. The van der Waals surface area contributed by atoms with E-state index in [9.17, 15) is 0 Å². The Labute approximate surface area is 88.2 Å². The molecule has 0 spiro atoms. The average Bonchev–Trinajstić information content (AvgIpc) is 2.78. The molecule has 3 N–H and O–H groups in total. The largest absolute Gasteiger partial charge is 0.497 e. The summed E-state index contributed by atoms with van der Waals surface area (Å²) < 4.78 is 5.23. The van der Waals surface area contributed by atoms with Gasteiger partial charge in [-0.15, -0.1) is 0 Å². The molecule has 0 radical (unpaired) electrons. The lowest BCUT2D eigenvalue weighted by Gasteiger charge is -2.00. The van der Waals surface area contributed by atoms with E-state index >= 15 is 0 Å². The van der Waals surface area contributed by atoms with Crippen molar-refractivity contribution in [3.05, 3.63) is 29.5 Å². The molecule has 1 aliphatic carbocycles. The van der Waals surface area contributed by atoms with Crippen LogP contribution in [0.4, 0.5) is 0 Å². The van der Waals surface area contributed by atoms with E-state index < -0.39 is 0 Å². The summed E-state index contributed by atoms with van der Waals surface area (Å²) >= 11 is 0. The van der Waals surface area contributed by atoms with Crippen LogP contribution >= 0.6 is 0 Å². The monoisotopic (exact) mass is 202 g/mol. The van der Waals surface area contributed by atoms with Gasteiger partial charge in [0.1, 0.15) is 5.75 Å². The topological polar surface area (TPSA) is 51.0 Å². The molecule has 3 rings (SSSR count). The number of H-pyrrole nitrogens is 1. The number of nitrogens with one attached hydrogen (secondary N) is 1. The fourth-order valence-corrected chi connectivity index (χ4v) is 2.40. The van der Waals surface area contributed by atoms with Crippen LogP contribution in [0.3, 0.4) is 0 Å². The van der Waals surface area contributed by atoms with Crippen molar-refractivity contribution in [2.45, 2.75) is 18.9 Å². The number of nitrogens with two attached hydrogens (primary N) is 1. The molecule has 1 aliphatic rings. The standard InChI is InChI=1S/C12H14N2O/c1-15-7-2-5-11-9(6-7)8-3-4-10(13)12(8)14-11/h2,5-6,10,14H,3-4,13H2,1H3. The van der Waals surface area contributed by atoms with Gasteiger partial charge in [0.25, 0.3) is 0 Å². The van der Waals surface area contributed by atoms with E-state index in [2.05, 4.69) is 17.1 Å². The van der Waals surface area contributed by atoms with Crippen LogP contribution in [0.1, 0.15) is 23.7 Å². The summed E-state index contributed by atoms with van der Waals surface area (Å²) in [6.45, 7) is 0. The minimum Gasteiger partial charge on any atom is -0.497 e. The van der Waals surface area contributed by atoms with E-state index in [0.717, 1.165) is 24.1 Å². The molecule has 3 heteroatoms. The smallest absolute Gasteiger partial charge is 0.119 e. The zero-order chi connectivity index (χ0) is 10.4. The van der Waals surface area contributed by atoms with Crippen molar-refractivity contribution in [1.82, 2.24) is 4.98 Å². The Bertz CT molecular complexity index is 516. The summed E-state index contributed by atoms with van der Waals surface area (Å²) in [5, 5.41) is 1.26. The molecule has 78 valence electrons. The van der Waals surface area contributed by atoms with Gasteiger partial charge in [-0.25, -0.2) is 0 Å². The second-order valence-electron chi connectivity index (χ2n) is 4.07. The van der Waals surface area contributed by atoms with Crippen LogP contribution in [0.25, 0.3) is 10.9 Å². The van der Waals surface area contributed by atoms with Gasteiger partial charge in [0.15, 0.2) is 0 Å². The number of methoxy groups -OCH3 is 1. The third kappa shape index (κ3) is 1.16. The van der Waals surface area contributed by atoms with Crippen LogP contribution in [0, 0.1) is 0 Å². The molecular weight excluding hydrogens is 188 g/mol. The molecule has 0 amide bonds. The average molecular weight is 202 g/mol. The maximum absolute atomic E-state index is 6.02. The highest BCUT2D eigenvalue weighted by Gasteiger charge is 2.23. The Kier molecular flexibility index (Phi) is 1.76. The van der Waals surface area contributed by atoms with Crippen molar-refractivity contribution >= 4 is 10.9 Å². The number of aromatic nitrogens is 1. The van der Waals surface area contributed by atoms with Gasteiger partial charge >= 0.3 is 0 Å². The lowest BCUT2D eigenvalue weighted by atomic mass is 10.1. The Hall–Kier alpha value is -1.48. The van der Waals surface area contributed by atoms with Crippen molar-refractivity contribution in [2.24, 2.45) is 5.73 Å². The fourth-order valence-electron chi connectivity index (χ4n) is 2.40. The quantitative estimate of drug-likeness (QED) is 0.744. The highest BCUT2D eigenvalue weighted by Crippen LogP contribution is 2.36. The molecule has 15 heavy (non-hydrogen) atoms. The number of rotatable bonds is 1. The van der Waals surface area contributed by atoms with Crippen LogP contribution in [0.2, 0.25) is 0 Å². The number of fused-ring (bicyclic) bond motifs is 3. The van der Waals surface area contributed by atoms with Gasteiger partial charge in [-0.3, -0.25) is 0 Å². The Balaban J connectivity index is 2.27. The molecule has 2 aromatic rings. The zero-order valence-electron chi connectivity index (χ0n) is 8.71. The molecule has 0 fully saturated rings. The lowest BCUT2D eigenvalue weighted by molar-refractivity contribution is 0.415. The summed E-state index contributed by atoms with van der Waals surface area (Å²) in [5.74, 6) is 0.907. The van der Waals surface area contributed by atoms with Crippen LogP contribution in [-0.2, 0) is 6.42 Å². The Morgan fingerprint density at radius 3 is 3.13 bits per heavy atom.